The van der Waals surface area contributed by atoms with Gasteiger partial charge in [0, 0.05) is 16.6 Å². The summed E-state index contributed by atoms with van der Waals surface area (Å²) in [5, 5.41) is 20.7. The molecule has 30 heavy (non-hydrogen) atoms. The van der Waals surface area contributed by atoms with Crippen LogP contribution in [-0.4, -0.2) is 34.6 Å². The van der Waals surface area contributed by atoms with Crippen molar-refractivity contribution in [3.8, 4) is 11.4 Å². The van der Waals surface area contributed by atoms with Gasteiger partial charge in [-0.15, -0.1) is 20.4 Å². The minimum atomic E-state index is -4.67. The summed E-state index contributed by atoms with van der Waals surface area (Å²) < 4.78 is 41.8. The fourth-order valence-corrected chi connectivity index (χ4v) is 4.18. The summed E-state index contributed by atoms with van der Waals surface area (Å²) in [7, 11) is 0. The third-order valence-corrected chi connectivity index (χ3v) is 5.48. The lowest BCUT2D eigenvalue weighted by atomic mass is 10.2. The molecule has 0 spiro atoms. The quantitative estimate of drug-likeness (QED) is 0.392. The van der Waals surface area contributed by atoms with Crippen molar-refractivity contribution in [3.63, 3.8) is 0 Å². The molecule has 0 amide bonds. The second-order valence-corrected chi connectivity index (χ2v) is 8.29. The first-order valence-electron chi connectivity index (χ1n) is 8.53. The van der Waals surface area contributed by atoms with Gasteiger partial charge in [-0.3, -0.25) is 4.57 Å². The highest BCUT2D eigenvalue weighted by Crippen LogP contribution is 2.35. The number of fused-ring (bicyclic) bond motifs is 1. The zero-order valence-electron chi connectivity index (χ0n) is 15.4. The molecule has 0 N–H and O–H groups in total. The van der Waals surface area contributed by atoms with Crippen LogP contribution >= 0.6 is 35.0 Å². The smallest absolute Gasteiger partial charge is 0.299 e. The Bertz CT molecular complexity index is 1240. The third-order valence-electron chi connectivity index (χ3n) is 4.04. The minimum Gasteiger partial charge on any atom is -0.299 e. The summed E-state index contributed by atoms with van der Waals surface area (Å²) >= 11 is 13.4. The first kappa shape index (κ1) is 20.9. The van der Waals surface area contributed by atoms with Gasteiger partial charge in [0.15, 0.2) is 16.6 Å². The number of nitrogens with zero attached hydrogens (tertiary/aromatic N) is 7. The summed E-state index contributed by atoms with van der Waals surface area (Å²) in [5.74, 6) is -0.686. The predicted molar refractivity (Wildman–Crippen MR) is 106 cm³/mol. The van der Waals surface area contributed by atoms with Gasteiger partial charge in [0.25, 0.3) is 5.82 Å². The Hall–Kier alpha value is -2.37. The van der Waals surface area contributed by atoms with Crippen LogP contribution in [-0.2, 0) is 6.18 Å². The molecule has 0 radical (unpaired) electrons. The fraction of sp³-hybridized carbons (Fsp3) is 0.235. The monoisotopic (exact) mass is 473 g/mol. The van der Waals surface area contributed by atoms with Crippen molar-refractivity contribution in [1.82, 2.24) is 34.6 Å². The average molecular weight is 474 g/mol. The highest BCUT2D eigenvalue weighted by atomic mass is 35.5. The van der Waals surface area contributed by atoms with Crippen LogP contribution in [0.15, 0.2) is 40.5 Å². The van der Waals surface area contributed by atoms with E-state index in [1.165, 1.54) is 6.07 Å². The zero-order valence-corrected chi connectivity index (χ0v) is 17.7. The molecule has 4 aromatic rings. The first-order chi connectivity index (χ1) is 14.1. The van der Waals surface area contributed by atoms with Gasteiger partial charge in [-0.25, -0.2) is 0 Å². The van der Waals surface area contributed by atoms with Crippen LogP contribution in [0.4, 0.5) is 13.2 Å². The number of hydrogen-bond acceptors (Lipinski definition) is 6. The van der Waals surface area contributed by atoms with Gasteiger partial charge in [-0.2, -0.15) is 22.8 Å². The topological polar surface area (TPSA) is 73.8 Å². The minimum absolute atomic E-state index is 0.00867. The Kier molecular flexibility index (Phi) is 5.37. The summed E-state index contributed by atoms with van der Waals surface area (Å²) in [6, 6.07) is 7.92. The number of rotatable bonds is 4. The van der Waals surface area contributed by atoms with Crippen molar-refractivity contribution in [3.05, 3.63) is 46.2 Å². The van der Waals surface area contributed by atoms with E-state index in [1.54, 1.807) is 24.3 Å². The van der Waals surface area contributed by atoms with E-state index < -0.39 is 12.0 Å². The summed E-state index contributed by atoms with van der Waals surface area (Å²) in [5.41, 5.74) is 0.626. The molecule has 13 heteroatoms. The largest absolute Gasteiger partial charge is 0.453 e. The van der Waals surface area contributed by atoms with E-state index in [1.807, 2.05) is 18.4 Å². The SMILES string of the molecule is CC(C)n1c(Sc2ccc3nnc(C(F)(F)F)n3n2)nnc1-c1ccc(Cl)cc1Cl. The zero-order chi connectivity index (χ0) is 21.6. The maximum absolute atomic E-state index is 13.1. The number of halogens is 5. The summed E-state index contributed by atoms with van der Waals surface area (Å²) in [6.45, 7) is 3.86. The van der Waals surface area contributed by atoms with E-state index >= 15 is 0 Å². The highest BCUT2D eigenvalue weighted by Gasteiger charge is 2.37. The van der Waals surface area contributed by atoms with Crippen LogP contribution in [0.2, 0.25) is 10.0 Å². The van der Waals surface area contributed by atoms with Crippen molar-refractivity contribution in [2.45, 2.75) is 36.2 Å². The molecule has 4 rings (SSSR count). The highest BCUT2D eigenvalue weighted by molar-refractivity contribution is 7.99. The van der Waals surface area contributed by atoms with Crippen LogP contribution in [0.1, 0.15) is 25.7 Å². The van der Waals surface area contributed by atoms with Crippen molar-refractivity contribution in [2.24, 2.45) is 0 Å². The van der Waals surface area contributed by atoms with E-state index in [0.29, 0.717) is 31.1 Å². The molecule has 0 aliphatic heterocycles. The molecule has 0 unspecified atom stereocenters. The van der Waals surface area contributed by atoms with E-state index in [4.69, 9.17) is 23.2 Å². The second kappa shape index (κ2) is 7.71. The number of benzene rings is 1. The van der Waals surface area contributed by atoms with E-state index in [-0.39, 0.29) is 16.7 Å². The summed E-state index contributed by atoms with van der Waals surface area (Å²) in [4.78, 5) is 0. The van der Waals surface area contributed by atoms with Crippen molar-refractivity contribution < 1.29 is 13.2 Å². The Morgan fingerprint density at radius 2 is 1.77 bits per heavy atom. The molecule has 0 atom stereocenters. The first-order valence-corrected chi connectivity index (χ1v) is 10.1. The van der Waals surface area contributed by atoms with Gasteiger partial charge in [0.1, 0.15) is 5.03 Å². The Morgan fingerprint density at radius 3 is 2.43 bits per heavy atom. The molecule has 3 heterocycles. The molecular formula is C17H12Cl2F3N7S. The fourth-order valence-electron chi connectivity index (χ4n) is 2.76. The van der Waals surface area contributed by atoms with Crippen molar-refractivity contribution >= 4 is 40.6 Å². The number of aromatic nitrogens is 7. The van der Waals surface area contributed by atoms with Gasteiger partial charge in [0.2, 0.25) is 0 Å². The van der Waals surface area contributed by atoms with E-state index in [2.05, 4.69) is 25.5 Å². The van der Waals surface area contributed by atoms with Crippen LogP contribution in [0.3, 0.4) is 0 Å². The molecule has 0 aliphatic carbocycles. The molecule has 0 saturated heterocycles. The average Bonchev–Trinajstić information content (AvgIpc) is 3.25. The lowest BCUT2D eigenvalue weighted by molar-refractivity contribution is -0.146. The van der Waals surface area contributed by atoms with Gasteiger partial charge in [-0.05, 0) is 55.9 Å². The molecule has 1 aromatic carbocycles. The summed E-state index contributed by atoms with van der Waals surface area (Å²) in [6.07, 6.45) is -4.67. The number of alkyl halides is 3. The standard InChI is InChI=1S/C17H12Cl2F3N7S/c1-8(2)28-14(10-4-3-9(18)7-11(10)19)24-26-16(28)30-13-6-5-12-23-25-15(17(20,21)22)29(12)27-13/h3-8H,1-2H3. The molecule has 0 aliphatic rings. The van der Waals surface area contributed by atoms with Crippen LogP contribution in [0.5, 0.6) is 0 Å². The molecule has 156 valence electrons. The molecule has 0 fully saturated rings. The molecular weight excluding hydrogens is 462 g/mol. The molecule has 3 aromatic heterocycles. The Balaban J connectivity index is 1.76. The van der Waals surface area contributed by atoms with Crippen LogP contribution in [0, 0.1) is 0 Å². The Morgan fingerprint density at radius 1 is 1.00 bits per heavy atom. The normalized spacial score (nSPS) is 12.3. The molecule has 7 nitrogen and oxygen atoms in total. The lowest BCUT2D eigenvalue weighted by Gasteiger charge is -2.14. The van der Waals surface area contributed by atoms with Gasteiger partial charge < -0.3 is 0 Å². The van der Waals surface area contributed by atoms with Gasteiger partial charge >= 0.3 is 6.18 Å². The maximum Gasteiger partial charge on any atom is 0.453 e. The Labute approximate surface area is 182 Å². The van der Waals surface area contributed by atoms with Crippen LogP contribution in [0.25, 0.3) is 17.0 Å². The number of hydrogen-bond donors (Lipinski definition) is 0. The van der Waals surface area contributed by atoms with E-state index in [0.717, 1.165) is 11.8 Å². The molecule has 0 saturated carbocycles. The molecule has 0 bridgehead atoms. The third kappa shape index (κ3) is 3.84. The van der Waals surface area contributed by atoms with Crippen LogP contribution < -0.4 is 0 Å². The van der Waals surface area contributed by atoms with E-state index in [9.17, 15) is 13.2 Å². The van der Waals surface area contributed by atoms with Crippen molar-refractivity contribution in [1.29, 1.82) is 0 Å². The van der Waals surface area contributed by atoms with Gasteiger partial charge in [-0.1, -0.05) is 23.2 Å². The lowest BCUT2D eigenvalue weighted by Crippen LogP contribution is -2.12. The maximum atomic E-state index is 13.1. The second-order valence-electron chi connectivity index (χ2n) is 6.46. The predicted octanol–water partition coefficient (Wildman–Crippen LogP) is 5.44. The van der Waals surface area contributed by atoms with Gasteiger partial charge in [0.05, 0.1) is 5.02 Å². The van der Waals surface area contributed by atoms with Crippen molar-refractivity contribution in [2.75, 3.05) is 0 Å².